The van der Waals surface area contributed by atoms with Crippen LogP contribution in [0.15, 0.2) is 12.1 Å². The van der Waals surface area contributed by atoms with Gasteiger partial charge in [0.25, 0.3) is 0 Å². The van der Waals surface area contributed by atoms with Crippen LogP contribution in [-0.4, -0.2) is 22.3 Å². The van der Waals surface area contributed by atoms with Gasteiger partial charge in [0.1, 0.15) is 11.5 Å². The van der Waals surface area contributed by atoms with Crippen LogP contribution in [0.25, 0.3) is 0 Å². The van der Waals surface area contributed by atoms with Gasteiger partial charge in [0.2, 0.25) is 0 Å². The van der Waals surface area contributed by atoms with E-state index in [1.165, 1.54) is 6.42 Å². The highest BCUT2D eigenvalue weighted by molar-refractivity contribution is 5.73. The molecule has 0 heterocycles. The molecule has 1 aromatic rings. The predicted octanol–water partition coefficient (Wildman–Crippen LogP) is 6.25. The van der Waals surface area contributed by atoms with Crippen molar-refractivity contribution in [3.05, 3.63) is 23.3 Å². The van der Waals surface area contributed by atoms with Crippen LogP contribution in [0.2, 0.25) is 0 Å². The van der Waals surface area contributed by atoms with E-state index in [0.29, 0.717) is 18.1 Å². The molecule has 1 rings (SSSR count). The summed E-state index contributed by atoms with van der Waals surface area (Å²) >= 11 is 0. The fourth-order valence-electron chi connectivity index (χ4n) is 3.35. The number of esters is 1. The zero-order valence-electron chi connectivity index (χ0n) is 19.8. The third-order valence-corrected chi connectivity index (χ3v) is 5.18. The first-order valence-electron chi connectivity index (χ1n) is 11.0. The van der Waals surface area contributed by atoms with Gasteiger partial charge in [-0.25, -0.2) is 0 Å². The summed E-state index contributed by atoms with van der Waals surface area (Å²) < 4.78 is 5.59. The van der Waals surface area contributed by atoms with Crippen LogP contribution in [0.3, 0.4) is 0 Å². The molecule has 29 heavy (non-hydrogen) atoms. The van der Waals surface area contributed by atoms with E-state index in [4.69, 9.17) is 4.74 Å². The van der Waals surface area contributed by atoms with Crippen LogP contribution >= 0.6 is 0 Å². The quantitative estimate of drug-likeness (QED) is 0.289. The van der Waals surface area contributed by atoms with Crippen molar-refractivity contribution in [1.82, 2.24) is 0 Å². The van der Waals surface area contributed by atoms with Crippen molar-refractivity contribution >= 4 is 5.97 Å². The van der Waals surface area contributed by atoms with E-state index in [9.17, 15) is 15.0 Å². The number of aliphatic hydroxyl groups excluding tert-OH is 1. The molecule has 4 nitrogen and oxygen atoms in total. The highest BCUT2D eigenvalue weighted by atomic mass is 16.5. The van der Waals surface area contributed by atoms with E-state index in [-0.39, 0.29) is 29.0 Å². The van der Waals surface area contributed by atoms with Crippen LogP contribution in [0.4, 0.5) is 0 Å². The second kappa shape index (κ2) is 10.5. The summed E-state index contributed by atoms with van der Waals surface area (Å²) in [7, 11) is 0. The lowest BCUT2D eigenvalue weighted by Crippen LogP contribution is -2.19. The fraction of sp³-hybridized carbons (Fsp3) is 0.720. The number of rotatable bonds is 9. The number of hydrogen-bond acceptors (Lipinski definition) is 4. The lowest BCUT2D eigenvalue weighted by Gasteiger charge is -2.28. The Morgan fingerprint density at radius 2 is 1.41 bits per heavy atom. The smallest absolute Gasteiger partial charge is 0.311 e. The fourth-order valence-corrected chi connectivity index (χ4v) is 3.35. The first-order valence-corrected chi connectivity index (χ1v) is 11.0. The number of aliphatic hydroxyl groups is 1. The summed E-state index contributed by atoms with van der Waals surface area (Å²) in [5, 5.41) is 20.9. The Bertz CT molecular complexity index is 627. The van der Waals surface area contributed by atoms with Crippen LogP contribution in [0, 0.1) is 5.92 Å². The maximum atomic E-state index is 12.3. The van der Waals surface area contributed by atoms with Gasteiger partial charge in [-0.1, -0.05) is 74.7 Å². The average Bonchev–Trinajstić information content (AvgIpc) is 2.56. The van der Waals surface area contributed by atoms with Crippen molar-refractivity contribution in [2.45, 2.75) is 111 Å². The van der Waals surface area contributed by atoms with Gasteiger partial charge in [-0.15, -0.1) is 0 Å². The number of aromatic hydroxyl groups is 1. The van der Waals surface area contributed by atoms with E-state index < -0.39 is 6.10 Å². The minimum atomic E-state index is -0.468. The number of ether oxygens (including phenoxy) is 1. The number of benzene rings is 1. The molecule has 1 atom stereocenters. The van der Waals surface area contributed by atoms with Gasteiger partial charge in [-0.05, 0) is 41.7 Å². The van der Waals surface area contributed by atoms with Crippen LogP contribution in [-0.2, 0) is 15.6 Å². The molecule has 4 heteroatoms. The SMILES string of the molecule is CC(C)CCCCC(O)CCC(=O)Oc1cc(C(C)(C)C)c(O)c(C(C)(C)C)c1. The monoisotopic (exact) mass is 406 g/mol. The van der Waals surface area contributed by atoms with Crippen molar-refractivity contribution in [2.24, 2.45) is 5.92 Å². The topological polar surface area (TPSA) is 66.8 Å². The molecule has 0 aliphatic carbocycles. The van der Waals surface area contributed by atoms with Crippen molar-refractivity contribution in [1.29, 1.82) is 0 Å². The Balaban J connectivity index is 2.76. The largest absolute Gasteiger partial charge is 0.507 e. The zero-order chi connectivity index (χ0) is 22.4. The van der Waals surface area contributed by atoms with Gasteiger partial charge in [0.05, 0.1) is 6.10 Å². The highest BCUT2D eigenvalue weighted by Gasteiger charge is 2.27. The molecule has 0 fully saturated rings. The standard InChI is InChI=1S/C25H42O4/c1-17(2)11-9-10-12-18(26)13-14-22(27)29-19-15-20(24(3,4)5)23(28)21(16-19)25(6,7)8/h15-18,26,28H,9-14H2,1-8H3. The van der Waals surface area contributed by atoms with Gasteiger partial charge in [0.15, 0.2) is 0 Å². The molecular weight excluding hydrogens is 364 g/mol. The number of carbonyl (C=O) groups excluding carboxylic acids is 1. The molecule has 0 radical (unpaired) electrons. The van der Waals surface area contributed by atoms with E-state index >= 15 is 0 Å². The van der Waals surface area contributed by atoms with Crippen molar-refractivity contribution in [3.8, 4) is 11.5 Å². The zero-order valence-corrected chi connectivity index (χ0v) is 19.8. The maximum absolute atomic E-state index is 12.3. The number of phenols is 1. The Morgan fingerprint density at radius 3 is 1.86 bits per heavy atom. The molecule has 0 amide bonds. The van der Waals surface area contributed by atoms with E-state index in [0.717, 1.165) is 30.4 Å². The minimum absolute atomic E-state index is 0.182. The molecule has 0 saturated carbocycles. The highest BCUT2D eigenvalue weighted by Crippen LogP contribution is 2.41. The minimum Gasteiger partial charge on any atom is -0.507 e. The molecule has 166 valence electrons. The Hall–Kier alpha value is -1.55. The third kappa shape index (κ3) is 8.77. The summed E-state index contributed by atoms with van der Waals surface area (Å²) in [5.74, 6) is 1.05. The second-order valence-corrected chi connectivity index (χ2v) is 10.7. The molecule has 1 unspecified atom stereocenters. The molecule has 0 aromatic heterocycles. The summed E-state index contributed by atoms with van der Waals surface area (Å²) in [6.45, 7) is 16.5. The molecule has 0 saturated heterocycles. The normalized spacial score (nSPS) is 13.6. The van der Waals surface area contributed by atoms with E-state index in [1.54, 1.807) is 12.1 Å². The molecule has 0 aliphatic heterocycles. The molecule has 2 N–H and O–H groups in total. The second-order valence-electron chi connectivity index (χ2n) is 10.7. The van der Waals surface area contributed by atoms with Gasteiger partial charge >= 0.3 is 5.97 Å². The van der Waals surface area contributed by atoms with E-state index in [2.05, 4.69) is 13.8 Å². The third-order valence-electron chi connectivity index (χ3n) is 5.18. The van der Waals surface area contributed by atoms with Crippen LogP contribution in [0.1, 0.15) is 105 Å². The summed E-state index contributed by atoms with van der Waals surface area (Å²) in [5.41, 5.74) is 0.966. The Morgan fingerprint density at radius 1 is 0.931 bits per heavy atom. The Labute approximate surface area is 177 Å². The van der Waals surface area contributed by atoms with E-state index in [1.807, 2.05) is 41.5 Å². The summed E-state index contributed by atoms with van der Waals surface area (Å²) in [6, 6.07) is 3.51. The maximum Gasteiger partial charge on any atom is 0.311 e. The molecule has 0 spiro atoms. The number of unbranched alkanes of at least 4 members (excludes halogenated alkanes) is 1. The van der Waals surface area contributed by atoms with Gasteiger partial charge in [0, 0.05) is 17.5 Å². The van der Waals surface area contributed by atoms with Gasteiger partial charge < -0.3 is 14.9 Å². The first kappa shape index (κ1) is 25.5. The van der Waals surface area contributed by atoms with Crippen molar-refractivity contribution in [2.75, 3.05) is 0 Å². The number of carbonyl (C=O) groups is 1. The first-order chi connectivity index (χ1) is 13.2. The van der Waals surface area contributed by atoms with Crippen molar-refractivity contribution < 1.29 is 19.7 Å². The Kier molecular flexibility index (Phi) is 9.20. The van der Waals surface area contributed by atoms with Crippen LogP contribution in [0.5, 0.6) is 11.5 Å². The molecule has 0 aliphatic rings. The lowest BCUT2D eigenvalue weighted by atomic mass is 9.79. The van der Waals surface area contributed by atoms with Gasteiger partial charge in [-0.2, -0.15) is 0 Å². The predicted molar refractivity (Wildman–Crippen MR) is 120 cm³/mol. The van der Waals surface area contributed by atoms with Crippen molar-refractivity contribution in [3.63, 3.8) is 0 Å². The summed E-state index contributed by atoms with van der Waals surface area (Å²) in [4.78, 5) is 12.3. The average molecular weight is 407 g/mol. The number of hydrogen-bond donors (Lipinski definition) is 2. The molecule has 0 bridgehead atoms. The number of phenolic OH excluding ortho intramolecular Hbond substituents is 1. The molecule has 1 aromatic carbocycles. The van der Waals surface area contributed by atoms with Crippen LogP contribution < -0.4 is 4.74 Å². The summed E-state index contributed by atoms with van der Waals surface area (Å²) in [6.07, 6.45) is 4.11. The van der Waals surface area contributed by atoms with Gasteiger partial charge in [-0.3, -0.25) is 4.79 Å². The molecular formula is C25H42O4. The lowest BCUT2D eigenvalue weighted by molar-refractivity contribution is -0.135.